The molecule has 9 nitrogen and oxygen atoms in total. The number of aliphatic carboxylic acids is 1. The summed E-state index contributed by atoms with van der Waals surface area (Å²) in [6, 6.07) is 23.0. The Labute approximate surface area is 302 Å². The minimum absolute atomic E-state index is 0.0785. The first kappa shape index (κ1) is 36.8. The quantitative estimate of drug-likeness (QED) is 0.0828. The molecule has 2 heterocycles. The summed E-state index contributed by atoms with van der Waals surface area (Å²) in [6.45, 7) is 1.65. The van der Waals surface area contributed by atoms with Crippen LogP contribution in [0.15, 0.2) is 79.1 Å². The number of nitrogens with one attached hydrogen (secondary N) is 2. The van der Waals surface area contributed by atoms with Crippen molar-refractivity contribution < 1.29 is 14.7 Å². The SMILES string of the molecule is NCc1cccc2ccccc12.N[C@](CCCNC1CCCc2cccnc21)(C(=O)O)C(=O)C1(CNC2CCCc3cccnc32)CCCCC1. The lowest BCUT2D eigenvalue weighted by Gasteiger charge is -2.42. The van der Waals surface area contributed by atoms with Crippen molar-refractivity contribution in [1.29, 1.82) is 0 Å². The van der Waals surface area contributed by atoms with Crippen molar-refractivity contribution in [2.24, 2.45) is 16.9 Å². The number of benzene rings is 2. The zero-order valence-electron chi connectivity index (χ0n) is 29.8. The van der Waals surface area contributed by atoms with E-state index in [-0.39, 0.29) is 24.3 Å². The third-order valence-electron chi connectivity index (χ3n) is 11.4. The summed E-state index contributed by atoms with van der Waals surface area (Å²) in [4.78, 5) is 36.0. The molecule has 2 aromatic carbocycles. The van der Waals surface area contributed by atoms with Crippen LogP contribution in [0, 0.1) is 5.41 Å². The molecule has 0 saturated heterocycles. The maximum absolute atomic E-state index is 14.2. The van der Waals surface area contributed by atoms with Gasteiger partial charge >= 0.3 is 5.97 Å². The summed E-state index contributed by atoms with van der Waals surface area (Å²) in [5, 5.41) is 20.0. The number of hydrogen-bond donors (Lipinski definition) is 5. The molecule has 3 aliphatic carbocycles. The first-order chi connectivity index (χ1) is 24.8. The number of carbonyl (C=O) groups is 2. The average Bonchev–Trinajstić information content (AvgIpc) is 3.18. The van der Waals surface area contributed by atoms with Gasteiger partial charge in [-0.25, -0.2) is 4.79 Å². The molecule has 51 heavy (non-hydrogen) atoms. The molecule has 0 amide bonds. The molecule has 2 aromatic heterocycles. The van der Waals surface area contributed by atoms with Gasteiger partial charge in [-0.1, -0.05) is 73.9 Å². The fraction of sp³-hybridized carbons (Fsp3) is 0.476. The van der Waals surface area contributed by atoms with Gasteiger partial charge in [-0.15, -0.1) is 0 Å². The monoisotopic (exact) mass is 690 g/mol. The van der Waals surface area contributed by atoms with Gasteiger partial charge in [0, 0.05) is 43.0 Å². The topological polar surface area (TPSA) is 156 Å². The highest BCUT2D eigenvalue weighted by Gasteiger charge is 2.52. The molecule has 4 aromatic rings. The molecule has 3 atom stereocenters. The zero-order valence-corrected chi connectivity index (χ0v) is 29.8. The Kier molecular flexibility index (Phi) is 12.3. The van der Waals surface area contributed by atoms with Crippen LogP contribution in [0.4, 0.5) is 0 Å². The van der Waals surface area contributed by atoms with Crippen molar-refractivity contribution in [3.05, 3.63) is 107 Å². The van der Waals surface area contributed by atoms with Crippen LogP contribution in [-0.4, -0.2) is 45.5 Å². The lowest BCUT2D eigenvalue weighted by atomic mass is 9.65. The average molecular weight is 691 g/mol. The number of carbonyl (C=O) groups excluding carboxylic acids is 1. The largest absolute Gasteiger partial charge is 0.480 e. The van der Waals surface area contributed by atoms with E-state index < -0.39 is 16.9 Å². The van der Waals surface area contributed by atoms with Crippen LogP contribution in [0.2, 0.25) is 0 Å². The van der Waals surface area contributed by atoms with Crippen molar-refractivity contribution in [3.63, 3.8) is 0 Å². The van der Waals surface area contributed by atoms with Crippen LogP contribution in [0.3, 0.4) is 0 Å². The molecule has 0 aliphatic heterocycles. The van der Waals surface area contributed by atoms with E-state index in [2.05, 4.69) is 57.0 Å². The number of nitrogens with two attached hydrogens (primary N) is 2. The van der Waals surface area contributed by atoms with E-state index in [0.717, 1.165) is 69.2 Å². The molecule has 3 aliphatic rings. The predicted octanol–water partition coefficient (Wildman–Crippen LogP) is 6.49. The van der Waals surface area contributed by atoms with E-state index in [4.69, 9.17) is 11.5 Å². The van der Waals surface area contributed by atoms with E-state index in [1.807, 2.05) is 42.7 Å². The molecule has 7 N–H and O–H groups in total. The van der Waals surface area contributed by atoms with Gasteiger partial charge in [0.15, 0.2) is 11.3 Å². The molecule has 2 unspecified atom stereocenters. The molecular weight excluding hydrogens is 637 g/mol. The minimum Gasteiger partial charge on any atom is -0.480 e. The number of hydrogen-bond acceptors (Lipinski definition) is 8. The van der Waals surface area contributed by atoms with E-state index >= 15 is 0 Å². The van der Waals surface area contributed by atoms with Gasteiger partial charge in [-0.3, -0.25) is 14.8 Å². The summed E-state index contributed by atoms with van der Waals surface area (Å²) in [5.41, 5.74) is 15.4. The molecule has 0 radical (unpaired) electrons. The summed E-state index contributed by atoms with van der Waals surface area (Å²) >= 11 is 0. The third kappa shape index (κ3) is 8.39. The first-order valence-corrected chi connectivity index (χ1v) is 18.9. The number of pyridine rings is 2. The molecule has 7 rings (SSSR count). The van der Waals surface area contributed by atoms with E-state index in [0.29, 0.717) is 38.9 Å². The second kappa shape index (κ2) is 17.0. The van der Waals surface area contributed by atoms with Crippen molar-refractivity contribution in [3.8, 4) is 0 Å². The minimum atomic E-state index is -1.90. The standard InChI is InChI=1S/C31H43N5O3.C11H11N/c32-31(29(38)39,17-8-20-33-24-13-4-9-22-11-6-18-34-26(22)24)28(37)30(15-2-1-3-16-30)21-36-25-14-5-10-23-12-7-19-35-27(23)25;12-8-10-6-3-5-9-4-1-2-7-11(9)10/h6-7,11-12,18-19,24-25,33,36H,1-5,8-10,13-17,20-21,32H2,(H,38,39);1-7H,8,12H2/t24?,25?,31-;/m0./s1. The van der Waals surface area contributed by atoms with Crippen LogP contribution in [0.25, 0.3) is 10.8 Å². The third-order valence-corrected chi connectivity index (χ3v) is 11.4. The number of Topliss-reactive ketones (excluding diaryl/α,β-unsaturated/α-hetero) is 1. The molecule has 9 heteroatoms. The van der Waals surface area contributed by atoms with Crippen LogP contribution in [-0.2, 0) is 29.0 Å². The maximum Gasteiger partial charge on any atom is 0.331 e. The normalized spacial score (nSPS) is 20.6. The van der Waals surface area contributed by atoms with Crippen LogP contribution in [0.5, 0.6) is 0 Å². The number of carboxylic acid groups (broad SMARTS) is 1. The first-order valence-electron chi connectivity index (χ1n) is 18.9. The van der Waals surface area contributed by atoms with E-state index in [1.165, 1.54) is 27.5 Å². The number of fused-ring (bicyclic) bond motifs is 3. The highest BCUT2D eigenvalue weighted by atomic mass is 16.4. The van der Waals surface area contributed by atoms with Gasteiger partial charge < -0.3 is 27.2 Å². The fourth-order valence-electron chi connectivity index (χ4n) is 8.55. The number of aromatic nitrogens is 2. The number of aryl methyl sites for hydroxylation is 2. The van der Waals surface area contributed by atoms with Gasteiger partial charge in [0.1, 0.15) is 0 Å². The summed E-state index contributed by atoms with van der Waals surface area (Å²) in [6.07, 6.45) is 14.7. The fourth-order valence-corrected chi connectivity index (χ4v) is 8.55. The number of rotatable bonds is 12. The summed E-state index contributed by atoms with van der Waals surface area (Å²) in [5.74, 6) is -1.52. The Bertz CT molecular complexity index is 1780. The highest BCUT2D eigenvalue weighted by Crippen LogP contribution is 2.41. The number of nitrogens with zero attached hydrogens (tertiary/aromatic N) is 2. The lowest BCUT2D eigenvalue weighted by molar-refractivity contribution is -0.153. The second-order valence-electron chi connectivity index (χ2n) is 14.7. The van der Waals surface area contributed by atoms with Crippen LogP contribution < -0.4 is 22.1 Å². The van der Waals surface area contributed by atoms with Crippen LogP contribution >= 0.6 is 0 Å². The molecule has 1 saturated carbocycles. The second-order valence-corrected chi connectivity index (χ2v) is 14.7. The molecule has 1 fully saturated rings. The number of carboxylic acids is 1. The van der Waals surface area contributed by atoms with E-state index in [1.54, 1.807) is 0 Å². The lowest BCUT2D eigenvalue weighted by Crippen LogP contribution is -2.62. The molecule has 0 bridgehead atoms. The summed E-state index contributed by atoms with van der Waals surface area (Å²) < 4.78 is 0. The van der Waals surface area contributed by atoms with E-state index in [9.17, 15) is 14.7 Å². The Morgan fingerprint density at radius 1 is 0.804 bits per heavy atom. The Morgan fingerprint density at radius 3 is 2.08 bits per heavy atom. The Hall–Kier alpha value is -4.02. The zero-order chi connectivity index (χ0) is 35.7. The van der Waals surface area contributed by atoms with Crippen molar-refractivity contribution in [2.45, 2.75) is 108 Å². The van der Waals surface area contributed by atoms with Crippen LogP contribution in [0.1, 0.15) is 111 Å². The Balaban J connectivity index is 0.000000313. The van der Waals surface area contributed by atoms with Crippen molar-refractivity contribution in [2.75, 3.05) is 13.1 Å². The maximum atomic E-state index is 14.2. The predicted molar refractivity (Wildman–Crippen MR) is 202 cm³/mol. The Morgan fingerprint density at radius 2 is 1.43 bits per heavy atom. The smallest absolute Gasteiger partial charge is 0.331 e. The van der Waals surface area contributed by atoms with Crippen molar-refractivity contribution in [1.82, 2.24) is 20.6 Å². The summed E-state index contributed by atoms with van der Waals surface area (Å²) in [7, 11) is 0. The van der Waals surface area contributed by atoms with Gasteiger partial charge in [-0.2, -0.15) is 0 Å². The van der Waals surface area contributed by atoms with Crippen molar-refractivity contribution >= 4 is 22.5 Å². The van der Waals surface area contributed by atoms with Gasteiger partial charge in [0.05, 0.1) is 11.4 Å². The van der Waals surface area contributed by atoms with Gasteiger partial charge in [-0.05, 0) is 110 Å². The van der Waals surface area contributed by atoms with Gasteiger partial charge in [0.2, 0.25) is 0 Å². The highest BCUT2D eigenvalue weighted by molar-refractivity contribution is 6.10. The number of ketones is 1. The van der Waals surface area contributed by atoms with Gasteiger partial charge in [0.25, 0.3) is 0 Å². The molecule has 270 valence electrons. The molecular formula is C42H54N6O3. The molecule has 0 spiro atoms.